The van der Waals surface area contributed by atoms with E-state index in [9.17, 15) is 4.79 Å². The standard InChI is InChI=1S/C14H17N3O3/c1-9(2)13-12(14(19)20)15-16-17(13)7-10-3-5-11(8-18)6-4-10/h3-6,9,18H,7-8H2,1-2H3,(H,19,20). The number of aromatic nitrogens is 3. The molecule has 6 heteroatoms. The predicted molar refractivity (Wildman–Crippen MR) is 72.5 cm³/mol. The van der Waals surface area contributed by atoms with Crippen molar-refractivity contribution in [2.45, 2.75) is 32.9 Å². The van der Waals surface area contributed by atoms with Gasteiger partial charge in [-0.15, -0.1) is 5.10 Å². The molecule has 0 bridgehead atoms. The van der Waals surface area contributed by atoms with E-state index in [0.29, 0.717) is 12.2 Å². The van der Waals surface area contributed by atoms with Crippen LogP contribution in [0, 0.1) is 0 Å². The molecule has 0 aliphatic heterocycles. The molecule has 1 aromatic carbocycles. The highest BCUT2D eigenvalue weighted by molar-refractivity contribution is 5.86. The van der Waals surface area contributed by atoms with Crippen molar-refractivity contribution < 1.29 is 15.0 Å². The van der Waals surface area contributed by atoms with Crippen LogP contribution in [0.25, 0.3) is 0 Å². The van der Waals surface area contributed by atoms with Crippen molar-refractivity contribution >= 4 is 5.97 Å². The number of hydrogen-bond acceptors (Lipinski definition) is 4. The normalized spacial score (nSPS) is 11.0. The minimum Gasteiger partial charge on any atom is -0.476 e. The Morgan fingerprint density at radius 3 is 2.35 bits per heavy atom. The van der Waals surface area contributed by atoms with Crippen LogP contribution in [0.4, 0.5) is 0 Å². The summed E-state index contributed by atoms with van der Waals surface area (Å²) in [6.07, 6.45) is 0. The van der Waals surface area contributed by atoms with Crippen molar-refractivity contribution in [2.75, 3.05) is 0 Å². The summed E-state index contributed by atoms with van der Waals surface area (Å²) < 4.78 is 1.61. The molecule has 1 aromatic heterocycles. The van der Waals surface area contributed by atoms with Crippen LogP contribution in [-0.2, 0) is 13.2 Å². The topological polar surface area (TPSA) is 88.2 Å². The lowest BCUT2D eigenvalue weighted by Gasteiger charge is -2.10. The number of aliphatic hydroxyl groups excluding tert-OH is 1. The molecule has 0 saturated carbocycles. The minimum atomic E-state index is -1.06. The summed E-state index contributed by atoms with van der Waals surface area (Å²) in [5, 5.41) is 25.8. The summed E-state index contributed by atoms with van der Waals surface area (Å²) in [4.78, 5) is 11.1. The molecule has 0 spiro atoms. The second-order valence-corrected chi connectivity index (χ2v) is 4.92. The zero-order chi connectivity index (χ0) is 14.7. The van der Waals surface area contributed by atoms with Gasteiger partial charge in [0.1, 0.15) is 0 Å². The predicted octanol–water partition coefficient (Wildman–Crippen LogP) is 1.64. The highest BCUT2D eigenvalue weighted by Crippen LogP contribution is 2.19. The van der Waals surface area contributed by atoms with Gasteiger partial charge in [-0.1, -0.05) is 43.3 Å². The molecular formula is C14H17N3O3. The first-order valence-electron chi connectivity index (χ1n) is 6.38. The van der Waals surface area contributed by atoms with Gasteiger partial charge < -0.3 is 10.2 Å². The molecule has 0 atom stereocenters. The van der Waals surface area contributed by atoms with Crippen molar-refractivity contribution in [3.8, 4) is 0 Å². The highest BCUT2D eigenvalue weighted by atomic mass is 16.4. The molecule has 0 radical (unpaired) electrons. The van der Waals surface area contributed by atoms with Gasteiger partial charge in [-0.2, -0.15) is 0 Å². The highest BCUT2D eigenvalue weighted by Gasteiger charge is 2.21. The fourth-order valence-electron chi connectivity index (χ4n) is 2.08. The van der Waals surface area contributed by atoms with Crippen molar-refractivity contribution in [1.82, 2.24) is 15.0 Å². The lowest BCUT2D eigenvalue weighted by molar-refractivity contribution is 0.0688. The van der Waals surface area contributed by atoms with Crippen LogP contribution in [0.1, 0.15) is 47.1 Å². The maximum Gasteiger partial charge on any atom is 0.358 e. The average molecular weight is 275 g/mol. The Labute approximate surface area is 116 Å². The summed E-state index contributed by atoms with van der Waals surface area (Å²) in [5.41, 5.74) is 2.43. The molecular weight excluding hydrogens is 258 g/mol. The van der Waals surface area contributed by atoms with E-state index in [1.54, 1.807) is 4.68 Å². The quantitative estimate of drug-likeness (QED) is 0.866. The summed E-state index contributed by atoms with van der Waals surface area (Å²) in [6.45, 7) is 4.29. The first-order chi connectivity index (χ1) is 9.52. The van der Waals surface area contributed by atoms with E-state index in [0.717, 1.165) is 11.1 Å². The van der Waals surface area contributed by atoms with Gasteiger partial charge in [0.2, 0.25) is 0 Å². The molecule has 1 heterocycles. The zero-order valence-electron chi connectivity index (χ0n) is 11.4. The molecule has 6 nitrogen and oxygen atoms in total. The second-order valence-electron chi connectivity index (χ2n) is 4.92. The summed E-state index contributed by atoms with van der Waals surface area (Å²) >= 11 is 0. The lowest BCUT2D eigenvalue weighted by atomic mass is 10.1. The molecule has 20 heavy (non-hydrogen) atoms. The number of hydrogen-bond donors (Lipinski definition) is 2. The van der Waals surface area contributed by atoms with Gasteiger partial charge in [0, 0.05) is 0 Å². The monoisotopic (exact) mass is 275 g/mol. The molecule has 0 fully saturated rings. The summed E-state index contributed by atoms with van der Waals surface area (Å²) in [7, 11) is 0. The molecule has 2 aromatic rings. The molecule has 106 valence electrons. The van der Waals surface area contributed by atoms with E-state index < -0.39 is 5.97 Å². The van der Waals surface area contributed by atoms with Crippen LogP contribution in [0.3, 0.4) is 0 Å². The van der Waals surface area contributed by atoms with E-state index in [-0.39, 0.29) is 18.2 Å². The number of rotatable bonds is 5. The third-order valence-corrected chi connectivity index (χ3v) is 3.06. The summed E-state index contributed by atoms with van der Waals surface area (Å²) in [5.74, 6) is -1.04. The molecule has 0 amide bonds. The van der Waals surface area contributed by atoms with Gasteiger partial charge >= 0.3 is 5.97 Å². The number of aromatic carboxylic acids is 1. The summed E-state index contributed by atoms with van der Waals surface area (Å²) in [6, 6.07) is 7.44. The molecule has 0 unspecified atom stereocenters. The van der Waals surface area contributed by atoms with Crippen molar-refractivity contribution in [3.05, 3.63) is 46.8 Å². The first kappa shape index (κ1) is 14.2. The maximum atomic E-state index is 11.1. The molecule has 2 rings (SSSR count). The van der Waals surface area contributed by atoms with E-state index in [1.807, 2.05) is 38.1 Å². The van der Waals surface area contributed by atoms with Crippen LogP contribution in [0.5, 0.6) is 0 Å². The number of aliphatic hydroxyl groups is 1. The fraction of sp³-hybridized carbons (Fsp3) is 0.357. The van der Waals surface area contributed by atoms with Gasteiger partial charge in [-0.3, -0.25) is 0 Å². The molecule has 2 N–H and O–H groups in total. The third kappa shape index (κ3) is 2.85. The van der Waals surface area contributed by atoms with E-state index >= 15 is 0 Å². The van der Waals surface area contributed by atoms with E-state index in [2.05, 4.69) is 10.3 Å². The molecule has 0 aliphatic carbocycles. The smallest absolute Gasteiger partial charge is 0.358 e. The lowest BCUT2D eigenvalue weighted by Crippen LogP contribution is -2.10. The number of nitrogens with zero attached hydrogens (tertiary/aromatic N) is 3. The van der Waals surface area contributed by atoms with Gasteiger partial charge in [-0.25, -0.2) is 9.48 Å². The van der Waals surface area contributed by atoms with Gasteiger partial charge in [0.15, 0.2) is 5.69 Å². The Hall–Kier alpha value is -2.21. The largest absolute Gasteiger partial charge is 0.476 e. The van der Waals surface area contributed by atoms with Gasteiger partial charge in [0.05, 0.1) is 18.8 Å². The Bertz CT molecular complexity index is 603. The van der Waals surface area contributed by atoms with E-state index in [1.165, 1.54) is 0 Å². The minimum absolute atomic E-state index is 0.00398. The Kier molecular flexibility index (Phi) is 4.14. The van der Waals surface area contributed by atoms with E-state index in [4.69, 9.17) is 10.2 Å². The Morgan fingerprint density at radius 2 is 1.85 bits per heavy atom. The van der Waals surface area contributed by atoms with Crippen LogP contribution in [-0.4, -0.2) is 31.2 Å². The van der Waals surface area contributed by atoms with Gasteiger partial charge in [0.25, 0.3) is 0 Å². The third-order valence-electron chi connectivity index (χ3n) is 3.06. The van der Waals surface area contributed by atoms with Crippen molar-refractivity contribution in [3.63, 3.8) is 0 Å². The van der Waals surface area contributed by atoms with Crippen LogP contribution in [0.2, 0.25) is 0 Å². The Morgan fingerprint density at radius 1 is 1.25 bits per heavy atom. The van der Waals surface area contributed by atoms with Crippen LogP contribution >= 0.6 is 0 Å². The number of benzene rings is 1. The second kappa shape index (κ2) is 5.83. The van der Waals surface area contributed by atoms with Crippen molar-refractivity contribution in [2.24, 2.45) is 0 Å². The zero-order valence-corrected chi connectivity index (χ0v) is 11.4. The van der Waals surface area contributed by atoms with Gasteiger partial charge in [-0.05, 0) is 17.0 Å². The molecule has 0 aliphatic rings. The number of carboxylic acid groups (broad SMARTS) is 1. The van der Waals surface area contributed by atoms with Crippen molar-refractivity contribution in [1.29, 1.82) is 0 Å². The number of carboxylic acids is 1. The number of carbonyl (C=O) groups is 1. The molecule has 0 saturated heterocycles. The van der Waals surface area contributed by atoms with Crippen LogP contribution in [0.15, 0.2) is 24.3 Å². The van der Waals surface area contributed by atoms with Crippen LogP contribution < -0.4 is 0 Å². The average Bonchev–Trinajstić information content (AvgIpc) is 2.83. The maximum absolute atomic E-state index is 11.1. The SMILES string of the molecule is CC(C)c1c(C(=O)O)nnn1Cc1ccc(CO)cc1. The first-order valence-corrected chi connectivity index (χ1v) is 6.38. The fourth-order valence-corrected chi connectivity index (χ4v) is 2.08. The Balaban J connectivity index is 2.30.